The van der Waals surface area contributed by atoms with Crippen LogP contribution in [0.5, 0.6) is 0 Å². The summed E-state index contributed by atoms with van der Waals surface area (Å²) in [6.07, 6.45) is 1.49. The summed E-state index contributed by atoms with van der Waals surface area (Å²) < 4.78 is 0. The molecule has 2 aromatic carbocycles. The van der Waals surface area contributed by atoms with Crippen molar-refractivity contribution in [2.45, 2.75) is 24.8 Å². The van der Waals surface area contributed by atoms with Crippen molar-refractivity contribution < 1.29 is 4.79 Å². The van der Waals surface area contributed by atoms with Gasteiger partial charge >= 0.3 is 0 Å². The van der Waals surface area contributed by atoms with Crippen molar-refractivity contribution in [1.29, 1.82) is 0 Å². The zero-order valence-electron chi connectivity index (χ0n) is 13.5. The molecule has 1 heterocycles. The second kappa shape index (κ2) is 7.31. The molecule has 3 rings (SSSR count). The predicted molar refractivity (Wildman–Crippen MR) is 96.3 cm³/mol. The topological polar surface area (TPSA) is 70.7 Å². The highest BCUT2D eigenvalue weighted by atomic mass is 32.2. The van der Waals surface area contributed by atoms with E-state index in [-0.39, 0.29) is 5.91 Å². The molecule has 0 fully saturated rings. The van der Waals surface area contributed by atoms with Crippen molar-refractivity contribution in [3.63, 3.8) is 0 Å². The van der Waals surface area contributed by atoms with Gasteiger partial charge in [-0.05, 0) is 54.8 Å². The Kier molecular flexibility index (Phi) is 4.96. The van der Waals surface area contributed by atoms with E-state index in [2.05, 4.69) is 27.4 Å². The molecule has 5 nitrogen and oxygen atoms in total. The Morgan fingerprint density at radius 3 is 2.58 bits per heavy atom. The largest absolute Gasteiger partial charge is 0.322 e. The molecule has 3 aromatic rings. The number of amides is 1. The van der Waals surface area contributed by atoms with Crippen LogP contribution >= 0.6 is 11.8 Å². The SMILES string of the molecule is Cc1ccc(NC(=O)c2ccc(CSc3ncn[nH]3)cc2)cc1C. The summed E-state index contributed by atoms with van der Waals surface area (Å²) in [7, 11) is 0. The van der Waals surface area contributed by atoms with Crippen LogP contribution in [0.4, 0.5) is 5.69 Å². The lowest BCUT2D eigenvalue weighted by Gasteiger charge is -2.08. The van der Waals surface area contributed by atoms with Gasteiger partial charge in [0.15, 0.2) is 5.16 Å². The number of H-pyrrole nitrogens is 1. The van der Waals surface area contributed by atoms with Crippen LogP contribution in [0.2, 0.25) is 0 Å². The molecular weight excluding hydrogens is 320 g/mol. The number of hydrogen-bond donors (Lipinski definition) is 2. The number of nitrogens with zero attached hydrogens (tertiary/aromatic N) is 2. The number of rotatable bonds is 5. The summed E-state index contributed by atoms with van der Waals surface area (Å²) in [4.78, 5) is 16.4. The summed E-state index contributed by atoms with van der Waals surface area (Å²) in [5.41, 5.74) is 4.95. The van der Waals surface area contributed by atoms with Crippen LogP contribution < -0.4 is 5.32 Å². The second-order valence-corrected chi connectivity index (χ2v) is 6.49. The molecule has 0 bridgehead atoms. The Bertz CT molecular complexity index is 829. The third kappa shape index (κ3) is 4.02. The third-order valence-corrected chi connectivity index (χ3v) is 4.70. The monoisotopic (exact) mass is 338 g/mol. The number of nitrogens with one attached hydrogen (secondary N) is 2. The Balaban J connectivity index is 1.61. The molecule has 6 heteroatoms. The summed E-state index contributed by atoms with van der Waals surface area (Å²) in [5, 5.41) is 10.3. The molecule has 0 aliphatic carbocycles. The van der Waals surface area contributed by atoms with Crippen LogP contribution in [0.25, 0.3) is 0 Å². The zero-order chi connectivity index (χ0) is 16.9. The van der Waals surface area contributed by atoms with E-state index in [1.807, 2.05) is 49.4 Å². The number of carbonyl (C=O) groups is 1. The summed E-state index contributed by atoms with van der Waals surface area (Å²) >= 11 is 1.57. The van der Waals surface area contributed by atoms with Crippen molar-refractivity contribution >= 4 is 23.4 Å². The highest BCUT2D eigenvalue weighted by Crippen LogP contribution is 2.19. The van der Waals surface area contributed by atoms with Gasteiger partial charge in [0.2, 0.25) is 0 Å². The third-order valence-electron chi connectivity index (χ3n) is 3.75. The minimum absolute atomic E-state index is 0.104. The Morgan fingerprint density at radius 1 is 1.12 bits per heavy atom. The first kappa shape index (κ1) is 16.3. The molecule has 1 aromatic heterocycles. The van der Waals surface area contributed by atoms with E-state index in [1.165, 1.54) is 11.9 Å². The number of thioether (sulfide) groups is 1. The van der Waals surface area contributed by atoms with E-state index >= 15 is 0 Å². The first-order valence-electron chi connectivity index (χ1n) is 7.57. The van der Waals surface area contributed by atoms with Crippen molar-refractivity contribution in [3.8, 4) is 0 Å². The molecule has 1 amide bonds. The smallest absolute Gasteiger partial charge is 0.255 e. The molecule has 0 saturated carbocycles. The van der Waals surface area contributed by atoms with Crippen molar-refractivity contribution in [1.82, 2.24) is 15.2 Å². The minimum atomic E-state index is -0.104. The normalized spacial score (nSPS) is 10.6. The lowest BCUT2D eigenvalue weighted by molar-refractivity contribution is 0.102. The van der Waals surface area contributed by atoms with Gasteiger partial charge in [-0.15, -0.1) is 0 Å². The number of aromatic amines is 1. The fraction of sp³-hybridized carbons (Fsp3) is 0.167. The first-order chi connectivity index (χ1) is 11.6. The fourth-order valence-electron chi connectivity index (χ4n) is 2.19. The Hall–Kier alpha value is -2.60. The fourth-order valence-corrected chi connectivity index (χ4v) is 2.93. The zero-order valence-corrected chi connectivity index (χ0v) is 14.4. The van der Waals surface area contributed by atoms with E-state index in [0.717, 1.165) is 27.7 Å². The summed E-state index contributed by atoms with van der Waals surface area (Å²) in [6, 6.07) is 13.5. The highest BCUT2D eigenvalue weighted by molar-refractivity contribution is 7.98. The maximum absolute atomic E-state index is 12.3. The Labute approximate surface area is 144 Å². The van der Waals surface area contributed by atoms with Gasteiger partial charge in [0.05, 0.1) is 0 Å². The summed E-state index contributed by atoms with van der Waals surface area (Å²) in [6.45, 7) is 4.09. The van der Waals surface area contributed by atoms with Crippen LogP contribution in [0, 0.1) is 13.8 Å². The average molecular weight is 338 g/mol. The molecule has 122 valence electrons. The highest BCUT2D eigenvalue weighted by Gasteiger charge is 2.07. The number of aryl methyl sites for hydroxylation is 2. The van der Waals surface area contributed by atoms with Crippen LogP contribution in [0.15, 0.2) is 53.9 Å². The first-order valence-corrected chi connectivity index (χ1v) is 8.56. The van der Waals surface area contributed by atoms with Gasteiger partial charge in [-0.1, -0.05) is 30.0 Å². The van der Waals surface area contributed by atoms with Gasteiger partial charge in [-0.2, -0.15) is 5.10 Å². The van der Waals surface area contributed by atoms with Gasteiger partial charge in [-0.3, -0.25) is 9.89 Å². The second-order valence-electron chi connectivity index (χ2n) is 5.53. The molecule has 24 heavy (non-hydrogen) atoms. The average Bonchev–Trinajstić information content (AvgIpc) is 3.10. The molecule has 0 aliphatic rings. The maximum Gasteiger partial charge on any atom is 0.255 e. The van der Waals surface area contributed by atoms with Crippen LogP contribution in [-0.2, 0) is 5.75 Å². The number of hydrogen-bond acceptors (Lipinski definition) is 4. The maximum atomic E-state index is 12.3. The minimum Gasteiger partial charge on any atom is -0.322 e. The standard InChI is InChI=1S/C18H18N4OS/c1-12-3-8-16(9-13(12)2)21-17(23)15-6-4-14(5-7-15)10-24-18-19-11-20-22-18/h3-9,11H,10H2,1-2H3,(H,21,23)(H,19,20,22). The van der Waals surface area contributed by atoms with E-state index < -0.39 is 0 Å². The van der Waals surface area contributed by atoms with E-state index in [0.29, 0.717) is 5.56 Å². The number of benzene rings is 2. The van der Waals surface area contributed by atoms with Gasteiger partial charge in [0.25, 0.3) is 5.91 Å². The number of anilines is 1. The lowest BCUT2D eigenvalue weighted by Crippen LogP contribution is -2.12. The van der Waals surface area contributed by atoms with Crippen LogP contribution in [-0.4, -0.2) is 21.1 Å². The van der Waals surface area contributed by atoms with Gasteiger partial charge in [0.1, 0.15) is 6.33 Å². The van der Waals surface area contributed by atoms with Crippen molar-refractivity contribution in [2.75, 3.05) is 5.32 Å². The van der Waals surface area contributed by atoms with Gasteiger partial charge in [0, 0.05) is 17.0 Å². The van der Waals surface area contributed by atoms with E-state index in [1.54, 1.807) is 11.8 Å². The molecule has 0 saturated heterocycles. The summed E-state index contributed by atoms with van der Waals surface area (Å²) in [5.74, 6) is 0.668. The Morgan fingerprint density at radius 2 is 1.92 bits per heavy atom. The molecule has 0 unspecified atom stereocenters. The molecule has 0 aliphatic heterocycles. The van der Waals surface area contributed by atoms with Crippen molar-refractivity contribution in [3.05, 3.63) is 71.0 Å². The molecule has 0 radical (unpaired) electrons. The predicted octanol–water partition coefficient (Wildman–Crippen LogP) is 3.97. The molecule has 2 N–H and O–H groups in total. The molecule has 0 spiro atoms. The van der Waals surface area contributed by atoms with Crippen LogP contribution in [0.3, 0.4) is 0 Å². The van der Waals surface area contributed by atoms with E-state index in [9.17, 15) is 4.79 Å². The van der Waals surface area contributed by atoms with Gasteiger partial charge in [-0.25, -0.2) is 4.98 Å². The lowest BCUT2D eigenvalue weighted by atomic mass is 10.1. The molecular formula is C18H18N4OS. The number of aromatic nitrogens is 3. The van der Waals surface area contributed by atoms with Crippen molar-refractivity contribution in [2.24, 2.45) is 0 Å². The van der Waals surface area contributed by atoms with E-state index in [4.69, 9.17) is 0 Å². The molecule has 0 atom stereocenters. The van der Waals surface area contributed by atoms with Crippen LogP contribution in [0.1, 0.15) is 27.0 Å². The number of carbonyl (C=O) groups excluding carboxylic acids is 1. The quantitative estimate of drug-likeness (QED) is 0.691. The van der Waals surface area contributed by atoms with Gasteiger partial charge < -0.3 is 5.32 Å².